The van der Waals surface area contributed by atoms with Gasteiger partial charge in [-0.15, -0.1) is 0 Å². The molecule has 2 aromatic rings. The van der Waals surface area contributed by atoms with E-state index in [1.807, 2.05) is 26.0 Å². The average molecular weight is 262 g/mol. The van der Waals surface area contributed by atoms with Crippen molar-refractivity contribution in [1.29, 1.82) is 0 Å². The number of ether oxygens (including phenoxy) is 2. The zero-order chi connectivity index (χ0) is 14.0. The molecule has 102 valence electrons. The first-order valence-electron chi connectivity index (χ1n) is 6.08. The van der Waals surface area contributed by atoms with Gasteiger partial charge in [-0.25, -0.2) is 0 Å². The summed E-state index contributed by atoms with van der Waals surface area (Å²) in [7, 11) is 3.26. The molecule has 1 aromatic carbocycles. The summed E-state index contributed by atoms with van der Waals surface area (Å²) < 4.78 is 16.1. The zero-order valence-electron chi connectivity index (χ0n) is 11.6. The molecular formula is C14H18N2O3. The quantitative estimate of drug-likeness (QED) is 0.917. The van der Waals surface area contributed by atoms with Gasteiger partial charge in [-0.2, -0.15) is 4.98 Å². The van der Waals surface area contributed by atoms with Gasteiger partial charge in [-0.3, -0.25) is 0 Å². The topological polar surface area (TPSA) is 70.5 Å². The number of nitrogen functional groups attached to an aromatic ring is 1. The summed E-state index contributed by atoms with van der Waals surface area (Å²) in [5, 5.41) is 0. The van der Waals surface area contributed by atoms with E-state index in [1.54, 1.807) is 14.2 Å². The summed E-state index contributed by atoms with van der Waals surface area (Å²) in [4.78, 5) is 4.24. The van der Waals surface area contributed by atoms with Crippen LogP contribution in [-0.2, 0) is 6.42 Å². The lowest BCUT2D eigenvalue weighted by Crippen LogP contribution is -1.95. The number of hydrogen-bond acceptors (Lipinski definition) is 5. The SMILES string of the molecule is CCc1oc(N)nc1-c1cc(OC)c(C)cc1OC. The van der Waals surface area contributed by atoms with Gasteiger partial charge >= 0.3 is 0 Å². The molecule has 19 heavy (non-hydrogen) atoms. The van der Waals surface area contributed by atoms with Crippen LogP contribution in [0.5, 0.6) is 11.5 Å². The monoisotopic (exact) mass is 262 g/mol. The fourth-order valence-corrected chi connectivity index (χ4v) is 2.06. The number of nitrogens with two attached hydrogens (primary N) is 1. The second kappa shape index (κ2) is 5.22. The van der Waals surface area contributed by atoms with Crippen LogP contribution in [0.3, 0.4) is 0 Å². The molecule has 0 spiro atoms. The van der Waals surface area contributed by atoms with Gasteiger partial charge in [0.25, 0.3) is 6.01 Å². The molecule has 5 nitrogen and oxygen atoms in total. The first-order valence-corrected chi connectivity index (χ1v) is 6.08. The van der Waals surface area contributed by atoms with Crippen molar-refractivity contribution in [1.82, 2.24) is 4.98 Å². The minimum Gasteiger partial charge on any atom is -0.496 e. The number of anilines is 1. The Morgan fingerprint density at radius 2 is 1.89 bits per heavy atom. The molecule has 0 saturated carbocycles. The van der Waals surface area contributed by atoms with Gasteiger partial charge in [-0.05, 0) is 24.6 Å². The second-order valence-corrected chi connectivity index (χ2v) is 4.20. The highest BCUT2D eigenvalue weighted by atomic mass is 16.5. The van der Waals surface area contributed by atoms with Crippen LogP contribution >= 0.6 is 0 Å². The number of rotatable bonds is 4. The number of hydrogen-bond donors (Lipinski definition) is 1. The van der Waals surface area contributed by atoms with Gasteiger partial charge < -0.3 is 19.6 Å². The summed E-state index contributed by atoms with van der Waals surface area (Å²) in [6.07, 6.45) is 0.707. The maximum atomic E-state index is 5.63. The summed E-state index contributed by atoms with van der Waals surface area (Å²) >= 11 is 0. The van der Waals surface area contributed by atoms with Gasteiger partial charge in [0.15, 0.2) is 0 Å². The molecule has 0 saturated heterocycles. The predicted octanol–water partition coefficient (Wildman–Crippen LogP) is 2.81. The summed E-state index contributed by atoms with van der Waals surface area (Å²) in [5.41, 5.74) is 8.16. The number of nitrogens with zero attached hydrogens (tertiary/aromatic N) is 1. The Bertz CT molecular complexity index is 591. The molecular weight excluding hydrogens is 244 g/mol. The predicted molar refractivity (Wildman–Crippen MR) is 73.6 cm³/mol. The Morgan fingerprint density at radius 1 is 1.21 bits per heavy atom. The van der Waals surface area contributed by atoms with Crippen LogP contribution < -0.4 is 15.2 Å². The Kier molecular flexibility index (Phi) is 3.64. The summed E-state index contributed by atoms with van der Waals surface area (Å²) in [6, 6.07) is 3.97. The van der Waals surface area contributed by atoms with Crippen molar-refractivity contribution in [2.45, 2.75) is 20.3 Å². The van der Waals surface area contributed by atoms with Crippen LogP contribution in [0.1, 0.15) is 18.2 Å². The molecule has 5 heteroatoms. The van der Waals surface area contributed by atoms with Gasteiger partial charge in [0.2, 0.25) is 0 Å². The number of aromatic nitrogens is 1. The minimum atomic E-state index is 0.161. The van der Waals surface area contributed by atoms with Gasteiger partial charge in [-0.1, -0.05) is 6.92 Å². The lowest BCUT2D eigenvalue weighted by Gasteiger charge is -2.12. The Morgan fingerprint density at radius 3 is 2.47 bits per heavy atom. The highest BCUT2D eigenvalue weighted by molar-refractivity contribution is 5.72. The van der Waals surface area contributed by atoms with Crippen molar-refractivity contribution < 1.29 is 13.9 Å². The van der Waals surface area contributed by atoms with E-state index in [2.05, 4.69) is 4.98 Å². The fourth-order valence-electron chi connectivity index (χ4n) is 2.06. The molecule has 1 heterocycles. The maximum absolute atomic E-state index is 5.63. The third kappa shape index (κ3) is 2.36. The third-order valence-corrected chi connectivity index (χ3v) is 3.01. The zero-order valence-corrected chi connectivity index (χ0v) is 11.6. The molecule has 0 atom stereocenters. The first kappa shape index (κ1) is 13.3. The van der Waals surface area contributed by atoms with Crippen molar-refractivity contribution in [2.24, 2.45) is 0 Å². The van der Waals surface area contributed by atoms with Gasteiger partial charge in [0, 0.05) is 12.0 Å². The number of benzene rings is 1. The smallest absolute Gasteiger partial charge is 0.292 e. The highest BCUT2D eigenvalue weighted by Gasteiger charge is 2.18. The van der Waals surface area contributed by atoms with E-state index in [0.29, 0.717) is 12.1 Å². The molecule has 0 aliphatic rings. The molecule has 0 aliphatic carbocycles. The Balaban J connectivity index is 2.65. The van der Waals surface area contributed by atoms with Crippen molar-refractivity contribution in [3.05, 3.63) is 23.5 Å². The average Bonchev–Trinajstić information content (AvgIpc) is 2.79. The van der Waals surface area contributed by atoms with Crippen LogP contribution in [0.25, 0.3) is 11.3 Å². The van der Waals surface area contributed by atoms with E-state index in [-0.39, 0.29) is 6.01 Å². The number of aryl methyl sites for hydroxylation is 2. The Hall–Kier alpha value is -2.17. The first-order chi connectivity index (χ1) is 9.10. The minimum absolute atomic E-state index is 0.161. The Labute approximate surface area is 112 Å². The van der Waals surface area contributed by atoms with Crippen LogP contribution in [0, 0.1) is 6.92 Å². The third-order valence-electron chi connectivity index (χ3n) is 3.01. The maximum Gasteiger partial charge on any atom is 0.292 e. The number of oxazole rings is 1. The summed E-state index contributed by atoms with van der Waals surface area (Å²) in [5.74, 6) is 2.24. The lowest BCUT2D eigenvalue weighted by molar-refractivity contribution is 0.401. The van der Waals surface area contributed by atoms with Gasteiger partial charge in [0.05, 0.1) is 14.2 Å². The molecule has 0 fully saturated rings. The number of methoxy groups -OCH3 is 2. The molecule has 0 radical (unpaired) electrons. The van der Waals surface area contributed by atoms with Crippen molar-refractivity contribution in [2.75, 3.05) is 20.0 Å². The van der Waals surface area contributed by atoms with Gasteiger partial charge in [0.1, 0.15) is 23.0 Å². The highest BCUT2D eigenvalue weighted by Crippen LogP contribution is 2.37. The molecule has 0 unspecified atom stereocenters. The molecule has 0 amide bonds. The molecule has 0 aliphatic heterocycles. The van der Waals surface area contributed by atoms with E-state index < -0.39 is 0 Å². The fraction of sp³-hybridized carbons (Fsp3) is 0.357. The van der Waals surface area contributed by atoms with Crippen LogP contribution in [0.2, 0.25) is 0 Å². The summed E-state index contributed by atoms with van der Waals surface area (Å²) in [6.45, 7) is 3.95. The van der Waals surface area contributed by atoms with Crippen LogP contribution in [-0.4, -0.2) is 19.2 Å². The van der Waals surface area contributed by atoms with E-state index in [4.69, 9.17) is 19.6 Å². The van der Waals surface area contributed by atoms with E-state index >= 15 is 0 Å². The van der Waals surface area contributed by atoms with Crippen molar-refractivity contribution in [3.8, 4) is 22.8 Å². The van der Waals surface area contributed by atoms with Crippen LogP contribution in [0.4, 0.5) is 6.01 Å². The van der Waals surface area contributed by atoms with Crippen LogP contribution in [0.15, 0.2) is 16.5 Å². The standard InChI is InChI=1S/C14H18N2O3/c1-5-10-13(16-14(15)19-10)9-7-11(17-3)8(2)6-12(9)18-4/h6-7H,5H2,1-4H3,(H2,15,16). The second-order valence-electron chi connectivity index (χ2n) is 4.20. The molecule has 2 rings (SSSR count). The van der Waals surface area contributed by atoms with E-state index in [0.717, 1.165) is 28.4 Å². The van der Waals surface area contributed by atoms with E-state index in [1.165, 1.54) is 0 Å². The largest absolute Gasteiger partial charge is 0.496 e. The lowest BCUT2D eigenvalue weighted by atomic mass is 10.0. The van der Waals surface area contributed by atoms with Crippen molar-refractivity contribution >= 4 is 6.01 Å². The molecule has 0 bridgehead atoms. The molecule has 2 N–H and O–H groups in total. The van der Waals surface area contributed by atoms with Crippen molar-refractivity contribution in [3.63, 3.8) is 0 Å². The van der Waals surface area contributed by atoms with E-state index in [9.17, 15) is 0 Å². The normalized spacial score (nSPS) is 10.5. The molecule has 1 aromatic heterocycles.